The topological polar surface area (TPSA) is 41.6 Å². The highest BCUT2D eigenvalue weighted by atomic mass is 15.0. The van der Waals surface area contributed by atoms with Crippen molar-refractivity contribution in [3.8, 4) is 0 Å². The zero-order chi connectivity index (χ0) is 10.8. The van der Waals surface area contributed by atoms with E-state index in [0.29, 0.717) is 5.92 Å². The Morgan fingerprint density at radius 3 is 3.00 bits per heavy atom. The van der Waals surface area contributed by atoms with E-state index < -0.39 is 0 Å². The van der Waals surface area contributed by atoms with E-state index in [1.807, 2.05) is 13.1 Å². The number of rotatable bonds is 3. The molecule has 0 fully saturated rings. The van der Waals surface area contributed by atoms with Crippen LogP contribution in [-0.2, 0) is 6.42 Å². The molecule has 0 saturated carbocycles. The average molecular weight is 203 g/mol. The summed E-state index contributed by atoms with van der Waals surface area (Å²) in [7, 11) is 0. The molecular formula is C12H17N3. The average Bonchev–Trinajstić information content (AvgIpc) is 2.59. The molecule has 2 aromatic heterocycles. The monoisotopic (exact) mass is 203 g/mol. The predicted molar refractivity (Wildman–Crippen MR) is 61.8 cm³/mol. The number of aryl methyl sites for hydroxylation is 1. The molecule has 15 heavy (non-hydrogen) atoms. The van der Waals surface area contributed by atoms with Crippen molar-refractivity contribution in [2.75, 3.05) is 0 Å². The third kappa shape index (κ3) is 2.17. The molecule has 0 aromatic carbocycles. The normalized spacial score (nSPS) is 13.3. The lowest BCUT2D eigenvalue weighted by molar-refractivity contribution is 0.547. The molecule has 0 bridgehead atoms. The van der Waals surface area contributed by atoms with E-state index in [4.69, 9.17) is 0 Å². The van der Waals surface area contributed by atoms with Gasteiger partial charge in [-0.15, -0.1) is 0 Å². The Morgan fingerprint density at radius 2 is 2.27 bits per heavy atom. The molecule has 80 valence electrons. The smallest absolute Gasteiger partial charge is 0.177 e. The van der Waals surface area contributed by atoms with Crippen LogP contribution in [-0.4, -0.2) is 15.0 Å². The van der Waals surface area contributed by atoms with Gasteiger partial charge in [-0.25, -0.2) is 9.97 Å². The van der Waals surface area contributed by atoms with E-state index >= 15 is 0 Å². The molecule has 0 amide bonds. The van der Waals surface area contributed by atoms with Crippen molar-refractivity contribution >= 4 is 11.2 Å². The number of H-pyrrole nitrogens is 1. The van der Waals surface area contributed by atoms with Crippen molar-refractivity contribution in [2.24, 2.45) is 5.92 Å². The van der Waals surface area contributed by atoms with E-state index in [0.717, 1.165) is 23.4 Å². The van der Waals surface area contributed by atoms with Gasteiger partial charge in [0.25, 0.3) is 0 Å². The van der Waals surface area contributed by atoms with Gasteiger partial charge in [0, 0.05) is 12.6 Å². The summed E-state index contributed by atoms with van der Waals surface area (Å²) in [6.45, 7) is 6.49. The quantitative estimate of drug-likeness (QED) is 0.833. The number of hydrogen-bond donors (Lipinski definition) is 1. The van der Waals surface area contributed by atoms with Gasteiger partial charge in [-0.3, -0.25) is 0 Å². The summed E-state index contributed by atoms with van der Waals surface area (Å²) in [6, 6.07) is 2.09. The fourth-order valence-corrected chi connectivity index (χ4v) is 1.63. The van der Waals surface area contributed by atoms with Crippen LogP contribution in [0, 0.1) is 12.8 Å². The van der Waals surface area contributed by atoms with Gasteiger partial charge >= 0.3 is 0 Å². The van der Waals surface area contributed by atoms with Crippen LogP contribution in [0.2, 0.25) is 0 Å². The lowest BCUT2D eigenvalue weighted by atomic mass is 10.1. The van der Waals surface area contributed by atoms with E-state index in [2.05, 4.69) is 34.9 Å². The molecule has 3 nitrogen and oxygen atoms in total. The molecule has 1 unspecified atom stereocenters. The summed E-state index contributed by atoms with van der Waals surface area (Å²) in [6.07, 6.45) is 4.05. The maximum Gasteiger partial charge on any atom is 0.177 e. The molecule has 3 heteroatoms. The molecule has 1 atom stereocenters. The number of imidazole rings is 1. The van der Waals surface area contributed by atoms with Gasteiger partial charge in [-0.2, -0.15) is 0 Å². The van der Waals surface area contributed by atoms with Crippen LogP contribution in [0.1, 0.15) is 31.7 Å². The lowest BCUT2D eigenvalue weighted by Gasteiger charge is -2.03. The van der Waals surface area contributed by atoms with Crippen molar-refractivity contribution in [3.63, 3.8) is 0 Å². The van der Waals surface area contributed by atoms with Crippen molar-refractivity contribution in [3.05, 3.63) is 23.7 Å². The summed E-state index contributed by atoms with van der Waals surface area (Å²) in [4.78, 5) is 12.1. The van der Waals surface area contributed by atoms with Crippen LogP contribution >= 0.6 is 0 Å². The van der Waals surface area contributed by atoms with Gasteiger partial charge in [0.15, 0.2) is 5.65 Å². The van der Waals surface area contributed by atoms with Gasteiger partial charge < -0.3 is 4.98 Å². The zero-order valence-corrected chi connectivity index (χ0v) is 9.54. The summed E-state index contributed by atoms with van der Waals surface area (Å²) < 4.78 is 0. The van der Waals surface area contributed by atoms with Crippen LogP contribution in [0.4, 0.5) is 0 Å². The van der Waals surface area contributed by atoms with Crippen LogP contribution in [0.25, 0.3) is 11.2 Å². The molecule has 2 heterocycles. The summed E-state index contributed by atoms with van der Waals surface area (Å²) in [5, 5.41) is 0. The second kappa shape index (κ2) is 4.01. The molecule has 0 aliphatic heterocycles. The van der Waals surface area contributed by atoms with Crippen LogP contribution in [0.3, 0.4) is 0 Å². The Kier molecular flexibility index (Phi) is 2.71. The Bertz CT molecular complexity index is 459. The van der Waals surface area contributed by atoms with Crippen molar-refractivity contribution in [2.45, 2.75) is 33.6 Å². The molecule has 2 aromatic rings. The Balaban J connectivity index is 2.30. The van der Waals surface area contributed by atoms with E-state index in [-0.39, 0.29) is 0 Å². The number of nitrogens with zero attached hydrogens (tertiary/aromatic N) is 2. The standard InChI is InChI=1S/C12H17N3/c1-4-8(2)6-11-14-10-5-9(3)7-13-12(10)15-11/h5,7-8H,4,6H2,1-3H3,(H,13,14,15). The number of nitrogens with one attached hydrogen (secondary N) is 1. The van der Waals surface area contributed by atoms with E-state index in [1.165, 1.54) is 12.0 Å². The van der Waals surface area contributed by atoms with Crippen molar-refractivity contribution < 1.29 is 0 Å². The fraction of sp³-hybridized carbons (Fsp3) is 0.500. The number of hydrogen-bond acceptors (Lipinski definition) is 2. The van der Waals surface area contributed by atoms with Crippen LogP contribution in [0.15, 0.2) is 12.3 Å². The Morgan fingerprint density at radius 1 is 1.47 bits per heavy atom. The number of pyridine rings is 1. The van der Waals surface area contributed by atoms with Crippen molar-refractivity contribution in [1.82, 2.24) is 15.0 Å². The largest absolute Gasteiger partial charge is 0.341 e. The van der Waals surface area contributed by atoms with Crippen LogP contribution < -0.4 is 0 Å². The first-order chi connectivity index (χ1) is 7.19. The first-order valence-corrected chi connectivity index (χ1v) is 5.50. The molecule has 0 saturated heterocycles. The van der Waals surface area contributed by atoms with Gasteiger partial charge in [0.2, 0.25) is 0 Å². The van der Waals surface area contributed by atoms with E-state index in [9.17, 15) is 0 Å². The first-order valence-electron chi connectivity index (χ1n) is 5.50. The maximum absolute atomic E-state index is 4.48. The second-order valence-corrected chi connectivity index (χ2v) is 4.28. The second-order valence-electron chi connectivity index (χ2n) is 4.28. The summed E-state index contributed by atoms with van der Waals surface area (Å²) in [5.74, 6) is 1.73. The van der Waals surface area contributed by atoms with Gasteiger partial charge in [0.05, 0.1) is 5.52 Å². The summed E-state index contributed by atoms with van der Waals surface area (Å²) >= 11 is 0. The SMILES string of the molecule is CCC(C)Cc1nc2ncc(C)cc2[nH]1. The van der Waals surface area contributed by atoms with Gasteiger partial charge in [0.1, 0.15) is 5.82 Å². The molecule has 2 rings (SSSR count). The molecule has 0 aliphatic rings. The number of aromatic nitrogens is 3. The lowest BCUT2D eigenvalue weighted by Crippen LogP contribution is -1.99. The van der Waals surface area contributed by atoms with Gasteiger partial charge in [-0.1, -0.05) is 20.3 Å². The van der Waals surface area contributed by atoms with Gasteiger partial charge in [-0.05, 0) is 24.5 Å². The van der Waals surface area contributed by atoms with Crippen molar-refractivity contribution in [1.29, 1.82) is 0 Å². The number of fused-ring (bicyclic) bond motifs is 1. The first kappa shape index (κ1) is 10.1. The number of aromatic amines is 1. The molecular weight excluding hydrogens is 186 g/mol. The molecule has 1 N–H and O–H groups in total. The minimum Gasteiger partial charge on any atom is -0.341 e. The minimum absolute atomic E-state index is 0.673. The maximum atomic E-state index is 4.48. The molecule has 0 aliphatic carbocycles. The molecule has 0 spiro atoms. The highest BCUT2D eigenvalue weighted by Crippen LogP contribution is 2.14. The predicted octanol–water partition coefficient (Wildman–Crippen LogP) is 2.85. The highest BCUT2D eigenvalue weighted by molar-refractivity contribution is 5.70. The zero-order valence-electron chi connectivity index (χ0n) is 9.54. The van der Waals surface area contributed by atoms with Crippen LogP contribution in [0.5, 0.6) is 0 Å². The highest BCUT2D eigenvalue weighted by Gasteiger charge is 2.07. The Labute approximate surface area is 90.0 Å². The molecule has 0 radical (unpaired) electrons. The fourth-order valence-electron chi connectivity index (χ4n) is 1.63. The minimum atomic E-state index is 0.673. The summed E-state index contributed by atoms with van der Waals surface area (Å²) in [5.41, 5.74) is 3.05. The third-order valence-electron chi connectivity index (χ3n) is 2.76. The Hall–Kier alpha value is -1.38. The van der Waals surface area contributed by atoms with E-state index in [1.54, 1.807) is 0 Å². The third-order valence-corrected chi connectivity index (χ3v) is 2.76.